The molecule has 2 aromatic carbocycles. The van der Waals surface area contributed by atoms with Crippen molar-refractivity contribution in [1.82, 2.24) is 20.7 Å². The Morgan fingerprint density at radius 3 is 2.40 bits per heavy atom. The van der Waals surface area contributed by atoms with Crippen molar-refractivity contribution in [3.8, 4) is 0 Å². The monoisotopic (exact) mass is 571 g/mol. The molecule has 2 aliphatic carbocycles. The van der Waals surface area contributed by atoms with Crippen LogP contribution in [-0.4, -0.2) is 54.1 Å². The average Bonchev–Trinajstić information content (AvgIpc) is 3.66. The molecule has 0 spiro atoms. The number of likely N-dealkylation sites (tertiary alicyclic amines) is 1. The highest BCUT2D eigenvalue weighted by Crippen LogP contribution is 2.54. The van der Waals surface area contributed by atoms with Gasteiger partial charge in [0.25, 0.3) is 5.91 Å². The van der Waals surface area contributed by atoms with Gasteiger partial charge in [-0.15, -0.1) is 0 Å². The quantitative estimate of drug-likeness (QED) is 0.323. The van der Waals surface area contributed by atoms with Gasteiger partial charge in [-0.05, 0) is 91.5 Å². The van der Waals surface area contributed by atoms with Crippen LogP contribution in [0.3, 0.4) is 0 Å². The van der Waals surface area contributed by atoms with Gasteiger partial charge in [0.15, 0.2) is 0 Å². The van der Waals surface area contributed by atoms with Gasteiger partial charge in [-0.25, -0.2) is 5.01 Å². The first-order chi connectivity index (χ1) is 20.7. The Hall–Kier alpha value is -2.25. The number of nitrogens with two attached hydrogens (primary N) is 1. The van der Waals surface area contributed by atoms with Gasteiger partial charge in [-0.3, -0.25) is 10.2 Å². The maximum absolute atomic E-state index is 13.2. The molecule has 6 nitrogen and oxygen atoms in total. The maximum atomic E-state index is 13.2. The Labute approximate surface area is 253 Å². The van der Waals surface area contributed by atoms with E-state index >= 15 is 0 Å². The fourth-order valence-electron chi connectivity index (χ4n) is 8.79. The molecule has 3 atom stereocenters. The largest absolute Gasteiger partial charge is 0.339 e. The molecule has 2 aliphatic heterocycles. The number of nitrogens with zero attached hydrogens (tertiary/aromatic N) is 2. The molecule has 6 heteroatoms. The van der Waals surface area contributed by atoms with Crippen molar-refractivity contribution in [3.63, 3.8) is 0 Å². The summed E-state index contributed by atoms with van der Waals surface area (Å²) in [7, 11) is 0. The number of carbonyl (C=O) groups excluding carboxylic acids is 1. The smallest absolute Gasteiger partial charge is 0.253 e. The third kappa shape index (κ3) is 6.47. The molecule has 1 amide bonds. The molecule has 4 aliphatic rings. The number of hydrogen-bond acceptors (Lipinski definition) is 5. The minimum Gasteiger partial charge on any atom is -0.339 e. The molecule has 2 saturated heterocycles. The SMILES string of the molecule is NCCNCc1ccc(C2CCC3CNN(Cc4cccc(C(=O)N5CCCC5)c4)C3(C3CCCCCCC3)C2)cc1. The number of benzene rings is 2. The van der Waals surface area contributed by atoms with Gasteiger partial charge in [0, 0.05) is 56.9 Å². The lowest BCUT2D eigenvalue weighted by atomic mass is 9.60. The van der Waals surface area contributed by atoms with Gasteiger partial charge < -0.3 is 16.0 Å². The molecule has 4 fully saturated rings. The van der Waals surface area contributed by atoms with Gasteiger partial charge in [0.2, 0.25) is 0 Å². The van der Waals surface area contributed by atoms with Gasteiger partial charge >= 0.3 is 0 Å². The van der Waals surface area contributed by atoms with Crippen LogP contribution in [0.1, 0.15) is 110 Å². The number of hydrazine groups is 1. The minimum atomic E-state index is 0.163. The zero-order valence-corrected chi connectivity index (χ0v) is 25.7. The van der Waals surface area contributed by atoms with Crippen LogP contribution in [0.5, 0.6) is 0 Å². The van der Waals surface area contributed by atoms with Crippen LogP contribution in [0, 0.1) is 11.8 Å². The summed E-state index contributed by atoms with van der Waals surface area (Å²) in [5, 5.41) is 6.11. The van der Waals surface area contributed by atoms with E-state index in [4.69, 9.17) is 5.73 Å². The zero-order chi connectivity index (χ0) is 28.8. The van der Waals surface area contributed by atoms with Crippen molar-refractivity contribution in [2.45, 2.75) is 102 Å². The Morgan fingerprint density at radius 2 is 1.64 bits per heavy atom. The zero-order valence-electron chi connectivity index (χ0n) is 25.7. The van der Waals surface area contributed by atoms with Crippen molar-refractivity contribution in [1.29, 1.82) is 0 Å². The fourth-order valence-corrected chi connectivity index (χ4v) is 8.79. The average molecular weight is 572 g/mol. The Balaban J connectivity index is 1.25. The Kier molecular flexibility index (Phi) is 9.95. The normalized spacial score (nSPS) is 27.5. The molecular formula is C36H53N5O. The molecule has 228 valence electrons. The van der Waals surface area contributed by atoms with E-state index in [-0.39, 0.29) is 11.4 Å². The summed E-state index contributed by atoms with van der Waals surface area (Å²) in [6, 6.07) is 18.0. The first-order valence-electron chi connectivity index (χ1n) is 17.1. The number of fused-ring (bicyclic) bond motifs is 1. The molecule has 3 unspecified atom stereocenters. The van der Waals surface area contributed by atoms with E-state index in [9.17, 15) is 4.79 Å². The second kappa shape index (κ2) is 14.0. The summed E-state index contributed by atoms with van der Waals surface area (Å²) in [6.45, 7) is 6.16. The van der Waals surface area contributed by atoms with Crippen LogP contribution in [0.2, 0.25) is 0 Å². The summed E-state index contributed by atoms with van der Waals surface area (Å²) in [5.74, 6) is 2.20. The van der Waals surface area contributed by atoms with Crippen molar-refractivity contribution in [3.05, 3.63) is 70.8 Å². The molecular weight excluding hydrogens is 518 g/mol. The summed E-state index contributed by atoms with van der Waals surface area (Å²) in [5.41, 5.74) is 14.7. The van der Waals surface area contributed by atoms with Crippen LogP contribution < -0.4 is 16.5 Å². The predicted molar refractivity (Wildman–Crippen MR) is 171 cm³/mol. The van der Waals surface area contributed by atoms with Gasteiger partial charge in [0.05, 0.1) is 0 Å². The van der Waals surface area contributed by atoms with E-state index < -0.39 is 0 Å². The molecule has 42 heavy (non-hydrogen) atoms. The Morgan fingerprint density at radius 1 is 0.881 bits per heavy atom. The summed E-state index contributed by atoms with van der Waals surface area (Å²) < 4.78 is 0. The molecule has 2 heterocycles. The molecule has 2 saturated carbocycles. The van der Waals surface area contributed by atoms with Crippen molar-refractivity contribution >= 4 is 5.91 Å². The number of hydrogen-bond donors (Lipinski definition) is 3. The van der Waals surface area contributed by atoms with Crippen LogP contribution in [0.25, 0.3) is 0 Å². The number of rotatable bonds is 9. The van der Waals surface area contributed by atoms with E-state index in [2.05, 4.69) is 58.2 Å². The Bertz CT molecular complexity index is 1150. The van der Waals surface area contributed by atoms with E-state index in [1.807, 2.05) is 11.0 Å². The maximum Gasteiger partial charge on any atom is 0.253 e. The molecule has 0 radical (unpaired) electrons. The predicted octanol–water partition coefficient (Wildman–Crippen LogP) is 5.97. The highest BCUT2D eigenvalue weighted by molar-refractivity contribution is 5.94. The molecule has 0 bridgehead atoms. The van der Waals surface area contributed by atoms with Crippen molar-refractivity contribution in [2.24, 2.45) is 17.6 Å². The van der Waals surface area contributed by atoms with Crippen molar-refractivity contribution in [2.75, 3.05) is 32.7 Å². The fraction of sp³-hybridized carbons (Fsp3) is 0.639. The topological polar surface area (TPSA) is 73.6 Å². The molecule has 6 rings (SSSR count). The highest BCUT2D eigenvalue weighted by Gasteiger charge is 2.55. The third-order valence-corrected chi connectivity index (χ3v) is 11.0. The second-order valence-corrected chi connectivity index (χ2v) is 13.6. The molecule has 0 aromatic heterocycles. The van der Waals surface area contributed by atoms with E-state index in [0.717, 1.165) is 63.6 Å². The first-order valence-corrected chi connectivity index (χ1v) is 17.1. The summed E-state index contributed by atoms with van der Waals surface area (Å²) >= 11 is 0. The molecule has 2 aromatic rings. The van der Waals surface area contributed by atoms with Crippen molar-refractivity contribution < 1.29 is 4.79 Å². The minimum absolute atomic E-state index is 0.163. The highest BCUT2D eigenvalue weighted by atomic mass is 16.2. The summed E-state index contributed by atoms with van der Waals surface area (Å²) in [6.07, 6.45) is 15.6. The van der Waals surface area contributed by atoms with Crippen LogP contribution >= 0.6 is 0 Å². The van der Waals surface area contributed by atoms with Gasteiger partial charge in [-0.2, -0.15) is 0 Å². The second-order valence-electron chi connectivity index (χ2n) is 13.6. The third-order valence-electron chi connectivity index (χ3n) is 11.0. The van der Waals surface area contributed by atoms with E-state index in [1.165, 1.54) is 80.9 Å². The van der Waals surface area contributed by atoms with Crippen LogP contribution in [-0.2, 0) is 13.1 Å². The van der Waals surface area contributed by atoms with Gasteiger partial charge in [-0.1, -0.05) is 68.5 Å². The van der Waals surface area contributed by atoms with Crippen LogP contribution in [0.4, 0.5) is 0 Å². The first kappa shape index (κ1) is 29.8. The lowest BCUT2D eigenvalue weighted by Crippen LogP contribution is -2.57. The molecule has 4 N–H and O–H groups in total. The van der Waals surface area contributed by atoms with Crippen LogP contribution in [0.15, 0.2) is 48.5 Å². The summed E-state index contributed by atoms with van der Waals surface area (Å²) in [4.78, 5) is 15.3. The van der Waals surface area contributed by atoms with Gasteiger partial charge in [0.1, 0.15) is 0 Å². The van der Waals surface area contributed by atoms with E-state index in [0.29, 0.717) is 18.4 Å². The number of amides is 1. The lowest BCUT2D eigenvalue weighted by Gasteiger charge is -2.52. The lowest BCUT2D eigenvalue weighted by molar-refractivity contribution is -0.0348. The van der Waals surface area contributed by atoms with E-state index in [1.54, 1.807) is 0 Å². The number of carbonyl (C=O) groups is 1. The number of nitrogens with one attached hydrogen (secondary N) is 2. The standard InChI is InChI=1S/C36H53N5O/c37-19-20-38-25-28-13-15-30(16-14-28)32-17-18-34-26-39-41(36(34,24-32)33-11-4-2-1-3-5-12-33)27-29-9-8-10-31(23-29)35(42)40-21-6-7-22-40/h8-10,13-16,23,32-34,38-39H,1-7,11-12,17-22,24-27,37H2.